The van der Waals surface area contributed by atoms with Crippen molar-refractivity contribution in [3.05, 3.63) is 58.1 Å². The van der Waals surface area contributed by atoms with Crippen molar-refractivity contribution in [1.29, 1.82) is 0 Å². The number of carbonyl (C=O) groups is 2. The van der Waals surface area contributed by atoms with Crippen molar-refractivity contribution in [2.24, 2.45) is 5.92 Å². The first-order valence-corrected chi connectivity index (χ1v) is 12.7. The minimum Gasteiger partial charge on any atom is -0.371 e. The first-order chi connectivity index (χ1) is 14.6. The number of sulfone groups is 1. The molecular formula is C22H26BrN3O4S. The summed E-state index contributed by atoms with van der Waals surface area (Å²) in [6.07, 6.45) is 0.880. The Hall–Kier alpha value is -2.39. The molecule has 3 N–H and O–H groups in total. The minimum absolute atomic E-state index is 0.153. The zero-order valence-electron chi connectivity index (χ0n) is 17.4. The summed E-state index contributed by atoms with van der Waals surface area (Å²) in [5.41, 5.74) is 2.13. The van der Waals surface area contributed by atoms with Gasteiger partial charge in [-0.2, -0.15) is 0 Å². The molecule has 9 heteroatoms. The van der Waals surface area contributed by atoms with Crippen LogP contribution < -0.4 is 16.0 Å². The van der Waals surface area contributed by atoms with E-state index in [9.17, 15) is 18.0 Å². The Kier molecular flexibility index (Phi) is 7.38. The summed E-state index contributed by atoms with van der Waals surface area (Å²) in [4.78, 5) is 24.8. The third kappa shape index (κ3) is 6.54. The quantitative estimate of drug-likeness (QED) is 0.506. The predicted molar refractivity (Wildman–Crippen MR) is 126 cm³/mol. The van der Waals surface area contributed by atoms with Gasteiger partial charge < -0.3 is 16.0 Å². The average Bonchev–Trinajstić information content (AvgIpc) is 2.67. The van der Waals surface area contributed by atoms with Crippen molar-refractivity contribution in [2.45, 2.75) is 32.1 Å². The Morgan fingerprint density at radius 3 is 2.65 bits per heavy atom. The molecule has 0 aromatic heterocycles. The van der Waals surface area contributed by atoms with Gasteiger partial charge in [-0.25, -0.2) is 8.42 Å². The lowest BCUT2D eigenvalue weighted by Gasteiger charge is -2.27. The first-order valence-electron chi connectivity index (χ1n) is 10.1. The molecule has 0 saturated carbocycles. The van der Waals surface area contributed by atoms with Crippen molar-refractivity contribution in [3.8, 4) is 0 Å². The van der Waals surface area contributed by atoms with Gasteiger partial charge in [0.25, 0.3) is 5.91 Å². The Morgan fingerprint density at radius 2 is 1.94 bits per heavy atom. The molecule has 3 rings (SSSR count). The molecule has 0 unspecified atom stereocenters. The molecule has 0 fully saturated rings. The Bertz CT molecular complexity index is 1090. The molecule has 31 heavy (non-hydrogen) atoms. The van der Waals surface area contributed by atoms with Crippen LogP contribution in [0.4, 0.5) is 11.4 Å². The van der Waals surface area contributed by atoms with E-state index in [0.29, 0.717) is 35.0 Å². The number of hydrogen-bond donors (Lipinski definition) is 3. The predicted octanol–water partition coefficient (Wildman–Crippen LogP) is 3.57. The number of benzene rings is 2. The van der Waals surface area contributed by atoms with E-state index < -0.39 is 21.8 Å². The van der Waals surface area contributed by atoms with Crippen LogP contribution in [-0.4, -0.2) is 38.6 Å². The zero-order valence-corrected chi connectivity index (χ0v) is 19.8. The van der Waals surface area contributed by atoms with Crippen LogP contribution in [0.2, 0.25) is 0 Å². The van der Waals surface area contributed by atoms with Crippen molar-refractivity contribution in [1.82, 2.24) is 5.32 Å². The van der Waals surface area contributed by atoms with Gasteiger partial charge in [-0.05, 0) is 48.2 Å². The summed E-state index contributed by atoms with van der Waals surface area (Å²) < 4.78 is 26.1. The second-order valence-electron chi connectivity index (χ2n) is 8.07. The summed E-state index contributed by atoms with van der Waals surface area (Å²) in [7, 11) is -3.53. The summed E-state index contributed by atoms with van der Waals surface area (Å²) >= 11 is 3.33. The molecule has 2 amide bonds. The topological polar surface area (TPSA) is 104 Å². The van der Waals surface area contributed by atoms with Gasteiger partial charge in [0, 0.05) is 16.6 Å². The number of halogens is 1. The van der Waals surface area contributed by atoms with Crippen molar-refractivity contribution < 1.29 is 18.0 Å². The van der Waals surface area contributed by atoms with Crippen LogP contribution in [0.1, 0.15) is 36.2 Å². The van der Waals surface area contributed by atoms with E-state index in [1.807, 2.05) is 6.07 Å². The molecule has 0 spiro atoms. The molecule has 2 aromatic carbocycles. The van der Waals surface area contributed by atoms with E-state index in [2.05, 4.69) is 45.7 Å². The summed E-state index contributed by atoms with van der Waals surface area (Å²) in [6.45, 7) is 4.75. The Labute approximate surface area is 191 Å². The fraction of sp³-hybridized carbons (Fsp3) is 0.364. The summed E-state index contributed by atoms with van der Waals surface area (Å²) in [6, 6.07) is 11.1. The standard InChI is InChI=1S/C22H26BrN3O4S/c1-14(2)8-9-24-21(27)16-6-7-18-19(11-16)26-22(28)20(25-18)13-31(29,30)12-15-4-3-5-17(23)10-15/h3-7,10-11,14,20,25H,8-9,12-13H2,1-2H3,(H,24,27)(H,26,28)/t20-/m1/s1. The largest absolute Gasteiger partial charge is 0.371 e. The van der Waals surface area contributed by atoms with Gasteiger partial charge in [0.05, 0.1) is 22.9 Å². The lowest BCUT2D eigenvalue weighted by atomic mass is 10.1. The normalized spacial score (nSPS) is 15.7. The Balaban J connectivity index is 1.66. The molecule has 166 valence electrons. The van der Waals surface area contributed by atoms with Gasteiger partial charge >= 0.3 is 0 Å². The van der Waals surface area contributed by atoms with Gasteiger partial charge in [0.15, 0.2) is 9.84 Å². The molecule has 0 bridgehead atoms. The van der Waals surface area contributed by atoms with Crippen molar-refractivity contribution >= 4 is 49.0 Å². The second kappa shape index (κ2) is 9.82. The lowest BCUT2D eigenvalue weighted by molar-refractivity contribution is -0.116. The van der Waals surface area contributed by atoms with Gasteiger partial charge in [0.2, 0.25) is 5.91 Å². The van der Waals surface area contributed by atoms with Gasteiger partial charge in [-0.15, -0.1) is 0 Å². The highest BCUT2D eigenvalue weighted by atomic mass is 79.9. The third-order valence-electron chi connectivity index (χ3n) is 4.89. The monoisotopic (exact) mass is 507 g/mol. The number of nitrogens with one attached hydrogen (secondary N) is 3. The maximum atomic E-state index is 12.6. The second-order valence-corrected chi connectivity index (χ2v) is 11.1. The molecule has 1 atom stereocenters. The van der Waals surface area contributed by atoms with Crippen molar-refractivity contribution in [2.75, 3.05) is 22.9 Å². The third-order valence-corrected chi connectivity index (χ3v) is 7.00. The van der Waals surface area contributed by atoms with Crippen LogP contribution in [0, 0.1) is 5.92 Å². The molecule has 2 aromatic rings. The van der Waals surface area contributed by atoms with E-state index in [1.165, 1.54) is 0 Å². The van der Waals surface area contributed by atoms with Crippen LogP contribution in [0.25, 0.3) is 0 Å². The Morgan fingerprint density at radius 1 is 1.16 bits per heavy atom. The lowest BCUT2D eigenvalue weighted by Crippen LogP contribution is -2.43. The van der Waals surface area contributed by atoms with Crippen LogP contribution in [0.15, 0.2) is 46.9 Å². The maximum absolute atomic E-state index is 12.6. The van der Waals surface area contributed by atoms with Crippen LogP contribution in [-0.2, 0) is 20.4 Å². The number of fused-ring (bicyclic) bond motifs is 1. The molecule has 0 aliphatic carbocycles. The molecular weight excluding hydrogens is 482 g/mol. The van der Waals surface area contributed by atoms with E-state index >= 15 is 0 Å². The molecule has 1 heterocycles. The smallest absolute Gasteiger partial charge is 0.251 e. The maximum Gasteiger partial charge on any atom is 0.251 e. The number of anilines is 2. The van der Waals surface area contributed by atoms with E-state index in [1.54, 1.807) is 36.4 Å². The average molecular weight is 508 g/mol. The van der Waals surface area contributed by atoms with E-state index in [4.69, 9.17) is 0 Å². The number of amides is 2. The van der Waals surface area contributed by atoms with Crippen LogP contribution in [0.5, 0.6) is 0 Å². The highest BCUT2D eigenvalue weighted by Crippen LogP contribution is 2.28. The first kappa shape index (κ1) is 23.3. The summed E-state index contributed by atoms with van der Waals surface area (Å²) in [5, 5.41) is 8.57. The van der Waals surface area contributed by atoms with E-state index in [-0.39, 0.29) is 17.4 Å². The van der Waals surface area contributed by atoms with Gasteiger partial charge in [-0.1, -0.05) is 41.9 Å². The number of rotatable bonds is 8. The van der Waals surface area contributed by atoms with Crippen molar-refractivity contribution in [3.63, 3.8) is 0 Å². The molecule has 7 nitrogen and oxygen atoms in total. The highest BCUT2D eigenvalue weighted by Gasteiger charge is 2.30. The minimum atomic E-state index is -3.53. The number of carbonyl (C=O) groups excluding carboxylic acids is 2. The highest BCUT2D eigenvalue weighted by molar-refractivity contribution is 9.10. The van der Waals surface area contributed by atoms with E-state index in [0.717, 1.165) is 10.9 Å². The molecule has 0 radical (unpaired) electrons. The SMILES string of the molecule is CC(C)CCNC(=O)c1ccc2c(c1)NC(=O)[C@@H](CS(=O)(=O)Cc1cccc(Br)c1)N2. The molecule has 1 aliphatic rings. The molecule has 1 aliphatic heterocycles. The fourth-order valence-corrected chi connectivity index (χ4v) is 5.27. The zero-order chi connectivity index (χ0) is 22.6. The number of hydrogen-bond acceptors (Lipinski definition) is 5. The molecule has 0 saturated heterocycles. The van der Waals surface area contributed by atoms with Crippen LogP contribution in [0.3, 0.4) is 0 Å². The van der Waals surface area contributed by atoms with Crippen LogP contribution >= 0.6 is 15.9 Å². The van der Waals surface area contributed by atoms with Gasteiger partial charge in [-0.3, -0.25) is 9.59 Å². The summed E-state index contributed by atoms with van der Waals surface area (Å²) in [5.74, 6) is -0.648. The fourth-order valence-electron chi connectivity index (χ4n) is 3.28. The van der Waals surface area contributed by atoms with Gasteiger partial charge in [0.1, 0.15) is 6.04 Å².